The Hall–Kier alpha value is -1.91. The second-order valence-corrected chi connectivity index (χ2v) is 7.75. The molecule has 0 spiro atoms. The molecule has 2 atom stereocenters. The molecule has 2 aromatic rings. The van der Waals surface area contributed by atoms with E-state index in [-0.39, 0.29) is 10.8 Å². The summed E-state index contributed by atoms with van der Waals surface area (Å²) in [5.41, 5.74) is 3.14. The zero-order valence-corrected chi connectivity index (χ0v) is 13.9. The van der Waals surface area contributed by atoms with Crippen molar-refractivity contribution in [3.05, 3.63) is 47.2 Å². The molecule has 5 heteroatoms. The van der Waals surface area contributed by atoms with Crippen molar-refractivity contribution in [3.63, 3.8) is 0 Å². The molecule has 0 radical (unpaired) electrons. The summed E-state index contributed by atoms with van der Waals surface area (Å²) in [6, 6.07) is 7.17. The molecular formula is C19H19F3N2. The van der Waals surface area contributed by atoms with Crippen molar-refractivity contribution in [3.8, 4) is 11.3 Å². The van der Waals surface area contributed by atoms with Crippen LogP contribution in [0.25, 0.3) is 11.3 Å². The average molecular weight is 332 g/mol. The van der Waals surface area contributed by atoms with Gasteiger partial charge >= 0.3 is 6.18 Å². The Balaban J connectivity index is 1.75. The van der Waals surface area contributed by atoms with E-state index in [0.717, 1.165) is 30.7 Å². The van der Waals surface area contributed by atoms with Crippen LogP contribution in [0.1, 0.15) is 56.4 Å². The van der Waals surface area contributed by atoms with Crippen molar-refractivity contribution in [2.45, 2.75) is 51.1 Å². The maximum absolute atomic E-state index is 12.7. The molecule has 24 heavy (non-hydrogen) atoms. The normalized spacial score (nSPS) is 27.3. The van der Waals surface area contributed by atoms with E-state index in [1.165, 1.54) is 17.7 Å². The molecule has 1 aromatic heterocycles. The van der Waals surface area contributed by atoms with Crippen LogP contribution in [-0.4, -0.2) is 10.2 Å². The highest BCUT2D eigenvalue weighted by Gasteiger charge is 2.60. The van der Waals surface area contributed by atoms with Crippen molar-refractivity contribution in [2.24, 2.45) is 5.41 Å². The van der Waals surface area contributed by atoms with Crippen LogP contribution in [-0.2, 0) is 11.6 Å². The van der Waals surface area contributed by atoms with Crippen LogP contribution < -0.4 is 0 Å². The standard InChI is InChI=1S/C19H19F3N2/c1-17(2)14-8-9-18(17,3)16-13(14)10-15(23-24-16)11-4-6-12(7-5-11)19(20,21)22/h4-7,10,14H,8-9H2,1-3H3/t14-,18+/m1/s1. The van der Waals surface area contributed by atoms with Crippen LogP contribution in [0.5, 0.6) is 0 Å². The quantitative estimate of drug-likeness (QED) is 0.705. The summed E-state index contributed by atoms with van der Waals surface area (Å²) >= 11 is 0. The third-order valence-corrected chi connectivity index (χ3v) is 6.46. The summed E-state index contributed by atoms with van der Waals surface area (Å²) in [4.78, 5) is 0. The van der Waals surface area contributed by atoms with Crippen LogP contribution in [0.2, 0.25) is 0 Å². The highest BCUT2D eigenvalue weighted by molar-refractivity contribution is 5.62. The van der Waals surface area contributed by atoms with Gasteiger partial charge in [-0.05, 0) is 47.9 Å². The summed E-state index contributed by atoms with van der Waals surface area (Å²) in [5, 5.41) is 8.80. The minimum absolute atomic E-state index is 0.0403. The topological polar surface area (TPSA) is 25.8 Å². The Morgan fingerprint density at radius 1 is 1.04 bits per heavy atom. The van der Waals surface area contributed by atoms with Crippen LogP contribution in [0, 0.1) is 5.41 Å². The molecule has 0 N–H and O–H groups in total. The van der Waals surface area contributed by atoms with Crippen molar-refractivity contribution in [2.75, 3.05) is 0 Å². The molecule has 2 nitrogen and oxygen atoms in total. The van der Waals surface area contributed by atoms with E-state index >= 15 is 0 Å². The van der Waals surface area contributed by atoms with Gasteiger partial charge in [-0.1, -0.05) is 32.9 Å². The molecule has 1 saturated carbocycles. The van der Waals surface area contributed by atoms with Gasteiger partial charge in [0.05, 0.1) is 17.0 Å². The van der Waals surface area contributed by atoms with Gasteiger partial charge in [0.15, 0.2) is 0 Å². The summed E-state index contributed by atoms with van der Waals surface area (Å²) < 4.78 is 38.1. The first-order chi connectivity index (χ1) is 11.1. The Morgan fingerprint density at radius 2 is 1.71 bits per heavy atom. The predicted molar refractivity (Wildman–Crippen MR) is 85.6 cm³/mol. The largest absolute Gasteiger partial charge is 0.416 e. The van der Waals surface area contributed by atoms with E-state index in [2.05, 4.69) is 31.0 Å². The molecule has 0 aliphatic heterocycles. The first kappa shape index (κ1) is 15.6. The Labute approximate surface area is 139 Å². The van der Waals surface area contributed by atoms with Gasteiger partial charge in [-0.2, -0.15) is 23.4 Å². The smallest absolute Gasteiger partial charge is 0.166 e. The fraction of sp³-hybridized carbons (Fsp3) is 0.474. The molecule has 2 aliphatic carbocycles. The molecule has 0 saturated heterocycles. The summed E-state index contributed by atoms with van der Waals surface area (Å²) in [6.45, 7) is 6.82. The van der Waals surface area contributed by atoms with E-state index in [1.54, 1.807) is 0 Å². The molecule has 2 bridgehead atoms. The molecule has 1 aromatic carbocycles. The summed E-state index contributed by atoms with van der Waals surface area (Å²) in [7, 11) is 0. The minimum atomic E-state index is -4.32. The van der Waals surface area contributed by atoms with E-state index in [9.17, 15) is 13.2 Å². The lowest BCUT2D eigenvalue weighted by atomic mass is 9.70. The van der Waals surface area contributed by atoms with Gasteiger partial charge in [-0.25, -0.2) is 0 Å². The molecule has 2 aliphatic rings. The molecular weight excluding hydrogens is 313 g/mol. The van der Waals surface area contributed by atoms with E-state index in [0.29, 0.717) is 17.2 Å². The maximum atomic E-state index is 12.7. The van der Waals surface area contributed by atoms with Crippen LogP contribution >= 0.6 is 0 Å². The zero-order valence-electron chi connectivity index (χ0n) is 13.9. The van der Waals surface area contributed by atoms with Crippen LogP contribution in [0.4, 0.5) is 13.2 Å². The fourth-order valence-corrected chi connectivity index (χ4v) is 4.54. The van der Waals surface area contributed by atoms with Crippen molar-refractivity contribution >= 4 is 0 Å². The predicted octanol–water partition coefficient (Wildman–Crippen LogP) is 5.34. The Kier molecular flexibility index (Phi) is 2.98. The Bertz CT molecular complexity index is 808. The zero-order chi connectivity index (χ0) is 17.3. The van der Waals surface area contributed by atoms with Gasteiger partial charge < -0.3 is 0 Å². The molecule has 1 heterocycles. The molecule has 126 valence electrons. The van der Waals surface area contributed by atoms with Gasteiger partial charge in [0.2, 0.25) is 0 Å². The first-order valence-electron chi connectivity index (χ1n) is 8.20. The van der Waals surface area contributed by atoms with Crippen molar-refractivity contribution < 1.29 is 13.2 Å². The number of hydrogen-bond acceptors (Lipinski definition) is 2. The summed E-state index contributed by atoms with van der Waals surface area (Å²) in [6.07, 6.45) is -2.07. The number of rotatable bonds is 1. The van der Waals surface area contributed by atoms with Crippen LogP contribution in [0.3, 0.4) is 0 Å². The number of alkyl halides is 3. The second-order valence-electron chi connectivity index (χ2n) is 7.75. The van der Waals surface area contributed by atoms with Crippen LogP contribution in [0.15, 0.2) is 30.3 Å². The van der Waals surface area contributed by atoms with Gasteiger partial charge in [-0.15, -0.1) is 0 Å². The molecule has 0 unspecified atom stereocenters. The lowest BCUT2D eigenvalue weighted by molar-refractivity contribution is -0.137. The van der Waals surface area contributed by atoms with Gasteiger partial charge in [0.1, 0.15) is 0 Å². The van der Waals surface area contributed by atoms with E-state index < -0.39 is 11.7 Å². The van der Waals surface area contributed by atoms with Gasteiger partial charge in [-0.3, -0.25) is 0 Å². The number of fused-ring (bicyclic) bond motifs is 5. The molecule has 0 amide bonds. The fourth-order valence-electron chi connectivity index (χ4n) is 4.54. The van der Waals surface area contributed by atoms with Gasteiger partial charge in [0, 0.05) is 11.0 Å². The van der Waals surface area contributed by atoms with E-state index in [1.807, 2.05) is 6.07 Å². The highest BCUT2D eigenvalue weighted by Crippen LogP contribution is 2.67. The van der Waals surface area contributed by atoms with E-state index in [4.69, 9.17) is 0 Å². The number of halogens is 3. The monoisotopic (exact) mass is 332 g/mol. The molecule has 4 rings (SSSR count). The maximum Gasteiger partial charge on any atom is 0.416 e. The minimum Gasteiger partial charge on any atom is -0.166 e. The summed E-state index contributed by atoms with van der Waals surface area (Å²) in [5.74, 6) is 0.446. The number of benzene rings is 1. The number of aromatic nitrogens is 2. The number of hydrogen-bond donors (Lipinski definition) is 0. The average Bonchev–Trinajstić information content (AvgIpc) is 2.86. The number of nitrogens with zero attached hydrogens (tertiary/aromatic N) is 2. The SMILES string of the molecule is CC1(C)[C@@H]2CC[C@@]1(C)c1nnc(-c3ccc(C(F)(F)F)cc3)cc12. The Morgan fingerprint density at radius 3 is 2.33 bits per heavy atom. The second kappa shape index (κ2) is 4.58. The van der Waals surface area contributed by atoms with Gasteiger partial charge in [0.25, 0.3) is 0 Å². The lowest BCUT2D eigenvalue weighted by Crippen LogP contribution is -2.32. The highest BCUT2D eigenvalue weighted by atomic mass is 19.4. The molecule has 1 fully saturated rings. The first-order valence-corrected chi connectivity index (χ1v) is 8.20. The third-order valence-electron chi connectivity index (χ3n) is 6.46. The van der Waals surface area contributed by atoms with Crippen molar-refractivity contribution in [1.29, 1.82) is 0 Å². The van der Waals surface area contributed by atoms with Crippen molar-refractivity contribution in [1.82, 2.24) is 10.2 Å². The third kappa shape index (κ3) is 1.90. The lowest BCUT2D eigenvalue weighted by Gasteiger charge is -2.33.